The van der Waals surface area contributed by atoms with Gasteiger partial charge in [0.25, 0.3) is 0 Å². The van der Waals surface area contributed by atoms with E-state index >= 15 is 0 Å². The molecule has 104 valence electrons. The van der Waals surface area contributed by atoms with E-state index in [2.05, 4.69) is 5.32 Å². The zero-order chi connectivity index (χ0) is 14.3. The Labute approximate surface area is 113 Å². The van der Waals surface area contributed by atoms with Gasteiger partial charge in [0.05, 0.1) is 6.04 Å². The summed E-state index contributed by atoms with van der Waals surface area (Å²) in [5.74, 6) is -0.294. The number of hydrogen-bond donors (Lipinski definition) is 2. The van der Waals surface area contributed by atoms with E-state index in [9.17, 15) is 9.59 Å². The van der Waals surface area contributed by atoms with Crippen LogP contribution in [0, 0.1) is 0 Å². The Bertz CT molecular complexity index is 446. The largest absolute Gasteiger partial charge is 0.385 e. The maximum Gasteiger partial charge on any atom is 0.241 e. The number of rotatable bonds is 7. The van der Waals surface area contributed by atoms with Gasteiger partial charge in [-0.3, -0.25) is 9.59 Å². The van der Waals surface area contributed by atoms with Crippen LogP contribution in [0.1, 0.15) is 30.1 Å². The highest BCUT2D eigenvalue weighted by Gasteiger charge is 2.13. The van der Waals surface area contributed by atoms with Crippen molar-refractivity contribution in [2.75, 3.05) is 19.0 Å². The summed E-state index contributed by atoms with van der Waals surface area (Å²) in [4.78, 5) is 23.1. The third kappa shape index (κ3) is 5.19. The molecule has 1 aromatic carbocycles. The Kier molecular flexibility index (Phi) is 6.18. The Morgan fingerprint density at radius 2 is 2.16 bits per heavy atom. The van der Waals surface area contributed by atoms with Crippen LogP contribution in [0.25, 0.3) is 0 Å². The van der Waals surface area contributed by atoms with Crippen LogP contribution in [-0.4, -0.2) is 31.4 Å². The molecule has 0 aliphatic heterocycles. The summed E-state index contributed by atoms with van der Waals surface area (Å²) in [5, 5.41) is 2.71. The Balaban J connectivity index is 2.56. The average Bonchev–Trinajstić information content (AvgIpc) is 2.39. The van der Waals surface area contributed by atoms with Gasteiger partial charge in [-0.25, -0.2) is 0 Å². The van der Waals surface area contributed by atoms with E-state index in [0.29, 0.717) is 24.3 Å². The Hall–Kier alpha value is -1.72. The number of ketones is 1. The molecule has 0 saturated carbocycles. The van der Waals surface area contributed by atoms with Crippen molar-refractivity contribution < 1.29 is 14.3 Å². The molecule has 1 rings (SSSR count). The first kappa shape index (κ1) is 15.3. The Morgan fingerprint density at radius 1 is 1.42 bits per heavy atom. The van der Waals surface area contributed by atoms with Gasteiger partial charge in [0.2, 0.25) is 5.91 Å². The van der Waals surface area contributed by atoms with E-state index in [1.807, 2.05) is 0 Å². The van der Waals surface area contributed by atoms with Crippen LogP contribution in [0.5, 0.6) is 0 Å². The third-order valence-corrected chi connectivity index (χ3v) is 2.74. The van der Waals surface area contributed by atoms with Crippen molar-refractivity contribution in [1.29, 1.82) is 0 Å². The quantitative estimate of drug-likeness (QED) is 0.578. The third-order valence-electron chi connectivity index (χ3n) is 2.74. The zero-order valence-corrected chi connectivity index (χ0v) is 11.3. The summed E-state index contributed by atoms with van der Waals surface area (Å²) in [5.41, 5.74) is 6.91. The van der Waals surface area contributed by atoms with Crippen molar-refractivity contribution in [2.45, 2.75) is 25.8 Å². The standard InChI is InChI=1S/C14H20N2O3/c1-10(17)11-5-3-6-12(9-11)16-14(18)13(15)7-4-8-19-2/h3,5-6,9,13H,4,7-8,15H2,1-2H3,(H,16,18). The molecule has 0 spiro atoms. The number of Topliss-reactive ketones (excluding diaryl/α,β-unsaturated/α-hetero) is 1. The lowest BCUT2D eigenvalue weighted by Crippen LogP contribution is -2.35. The monoisotopic (exact) mass is 264 g/mol. The summed E-state index contributed by atoms with van der Waals surface area (Å²) < 4.78 is 4.91. The van der Waals surface area contributed by atoms with Crippen molar-refractivity contribution in [3.05, 3.63) is 29.8 Å². The molecule has 1 aromatic rings. The highest BCUT2D eigenvalue weighted by atomic mass is 16.5. The maximum absolute atomic E-state index is 11.8. The molecule has 1 atom stereocenters. The normalized spacial score (nSPS) is 11.9. The van der Waals surface area contributed by atoms with Crippen LogP contribution in [-0.2, 0) is 9.53 Å². The van der Waals surface area contributed by atoms with Gasteiger partial charge in [0, 0.05) is 25.0 Å². The molecule has 3 N–H and O–H groups in total. The fourth-order valence-corrected chi connectivity index (χ4v) is 1.63. The molecule has 0 fully saturated rings. The molecule has 1 amide bonds. The van der Waals surface area contributed by atoms with E-state index in [1.165, 1.54) is 6.92 Å². The van der Waals surface area contributed by atoms with Crippen molar-refractivity contribution in [3.8, 4) is 0 Å². The SMILES string of the molecule is COCCCC(N)C(=O)Nc1cccc(C(C)=O)c1. The van der Waals surface area contributed by atoms with Gasteiger partial charge in [-0.2, -0.15) is 0 Å². The number of nitrogens with one attached hydrogen (secondary N) is 1. The molecule has 5 heteroatoms. The number of methoxy groups -OCH3 is 1. The smallest absolute Gasteiger partial charge is 0.241 e. The number of benzene rings is 1. The van der Waals surface area contributed by atoms with E-state index in [-0.39, 0.29) is 11.7 Å². The molecule has 5 nitrogen and oxygen atoms in total. The van der Waals surface area contributed by atoms with E-state index < -0.39 is 6.04 Å². The predicted molar refractivity (Wildman–Crippen MR) is 74.2 cm³/mol. The van der Waals surface area contributed by atoms with E-state index in [1.54, 1.807) is 31.4 Å². The summed E-state index contributed by atoms with van der Waals surface area (Å²) >= 11 is 0. The summed E-state index contributed by atoms with van der Waals surface area (Å²) in [6, 6.07) is 6.23. The van der Waals surface area contributed by atoms with Gasteiger partial charge >= 0.3 is 0 Å². The first-order valence-electron chi connectivity index (χ1n) is 6.21. The van der Waals surface area contributed by atoms with Crippen LogP contribution in [0.2, 0.25) is 0 Å². The molecular weight excluding hydrogens is 244 g/mol. The second-order valence-electron chi connectivity index (χ2n) is 4.37. The first-order chi connectivity index (χ1) is 9.04. The average molecular weight is 264 g/mol. The number of amides is 1. The molecule has 0 aliphatic rings. The fraction of sp³-hybridized carbons (Fsp3) is 0.429. The van der Waals surface area contributed by atoms with Crippen molar-refractivity contribution in [1.82, 2.24) is 0 Å². The number of anilines is 1. The van der Waals surface area contributed by atoms with Crippen LogP contribution >= 0.6 is 0 Å². The van der Waals surface area contributed by atoms with E-state index in [0.717, 1.165) is 6.42 Å². The van der Waals surface area contributed by atoms with Gasteiger partial charge in [0.15, 0.2) is 5.78 Å². The van der Waals surface area contributed by atoms with Crippen molar-refractivity contribution >= 4 is 17.4 Å². The molecule has 0 aromatic heterocycles. The van der Waals surface area contributed by atoms with Gasteiger partial charge in [-0.15, -0.1) is 0 Å². The molecule has 0 bridgehead atoms. The number of nitrogens with two attached hydrogens (primary N) is 1. The zero-order valence-electron chi connectivity index (χ0n) is 11.3. The fourth-order valence-electron chi connectivity index (χ4n) is 1.63. The Morgan fingerprint density at radius 3 is 2.79 bits per heavy atom. The number of carbonyl (C=O) groups is 2. The van der Waals surface area contributed by atoms with Crippen LogP contribution in [0.15, 0.2) is 24.3 Å². The summed E-state index contributed by atoms with van der Waals surface area (Å²) in [6.07, 6.45) is 1.30. The molecule has 0 aliphatic carbocycles. The maximum atomic E-state index is 11.8. The molecule has 0 heterocycles. The van der Waals surface area contributed by atoms with Crippen LogP contribution in [0.3, 0.4) is 0 Å². The summed E-state index contributed by atoms with van der Waals surface area (Å²) in [6.45, 7) is 2.07. The minimum Gasteiger partial charge on any atom is -0.385 e. The molecule has 0 radical (unpaired) electrons. The lowest BCUT2D eigenvalue weighted by molar-refractivity contribution is -0.117. The summed E-state index contributed by atoms with van der Waals surface area (Å²) in [7, 11) is 1.61. The second-order valence-corrected chi connectivity index (χ2v) is 4.37. The van der Waals surface area contributed by atoms with Crippen LogP contribution in [0.4, 0.5) is 5.69 Å². The highest BCUT2D eigenvalue weighted by molar-refractivity contribution is 5.98. The van der Waals surface area contributed by atoms with Gasteiger partial charge in [-0.05, 0) is 31.9 Å². The topological polar surface area (TPSA) is 81.4 Å². The first-order valence-corrected chi connectivity index (χ1v) is 6.21. The van der Waals surface area contributed by atoms with Crippen molar-refractivity contribution in [2.24, 2.45) is 5.73 Å². The van der Waals surface area contributed by atoms with Gasteiger partial charge in [-0.1, -0.05) is 12.1 Å². The lowest BCUT2D eigenvalue weighted by Gasteiger charge is -2.12. The van der Waals surface area contributed by atoms with Crippen molar-refractivity contribution in [3.63, 3.8) is 0 Å². The minimum atomic E-state index is -0.573. The minimum absolute atomic E-state index is 0.0412. The second kappa shape index (κ2) is 7.66. The van der Waals surface area contributed by atoms with E-state index in [4.69, 9.17) is 10.5 Å². The lowest BCUT2D eigenvalue weighted by atomic mass is 10.1. The van der Waals surface area contributed by atoms with Crippen LogP contribution < -0.4 is 11.1 Å². The number of hydrogen-bond acceptors (Lipinski definition) is 4. The highest BCUT2D eigenvalue weighted by Crippen LogP contribution is 2.11. The predicted octanol–water partition coefficient (Wildman–Crippen LogP) is 1.58. The molecule has 1 unspecified atom stereocenters. The van der Waals surface area contributed by atoms with Gasteiger partial charge in [0.1, 0.15) is 0 Å². The molecule has 0 saturated heterocycles. The molecular formula is C14H20N2O3. The number of ether oxygens (including phenoxy) is 1. The molecule has 19 heavy (non-hydrogen) atoms. The number of carbonyl (C=O) groups excluding carboxylic acids is 2. The van der Waals surface area contributed by atoms with Gasteiger partial charge < -0.3 is 15.8 Å².